The molecule has 3 amide bonds. The van der Waals surface area contributed by atoms with Crippen LogP contribution in [0, 0.1) is 0 Å². The summed E-state index contributed by atoms with van der Waals surface area (Å²) < 4.78 is 5.83. The van der Waals surface area contributed by atoms with Gasteiger partial charge in [-0.2, -0.15) is 0 Å². The van der Waals surface area contributed by atoms with E-state index >= 15 is 0 Å². The van der Waals surface area contributed by atoms with Gasteiger partial charge in [0.05, 0.1) is 6.04 Å². The van der Waals surface area contributed by atoms with Crippen LogP contribution in [0.15, 0.2) is 34.7 Å². The number of fused-ring (bicyclic) bond motifs is 1. The van der Waals surface area contributed by atoms with E-state index in [2.05, 4.69) is 10.6 Å². The number of hydrogen-bond donors (Lipinski definition) is 2. The lowest BCUT2D eigenvalue weighted by atomic mass is 10.2. The lowest BCUT2D eigenvalue weighted by Gasteiger charge is -2.22. The average Bonchev–Trinajstić information content (AvgIpc) is 2.95. The SMILES string of the molecule is CNC(=O)NC(=O)CCN(C)[C@H](C)c1cc2ccccc2o1. The molecule has 1 heterocycles. The summed E-state index contributed by atoms with van der Waals surface area (Å²) in [7, 11) is 3.39. The van der Waals surface area contributed by atoms with Crippen molar-refractivity contribution in [2.75, 3.05) is 20.6 Å². The molecule has 6 heteroatoms. The minimum absolute atomic E-state index is 0.0419. The molecule has 1 aromatic heterocycles. The first-order valence-corrected chi connectivity index (χ1v) is 7.21. The van der Waals surface area contributed by atoms with Gasteiger partial charge in [0.2, 0.25) is 5.91 Å². The summed E-state index contributed by atoms with van der Waals surface area (Å²) in [5, 5.41) is 5.66. The molecule has 0 radical (unpaired) electrons. The number of imide groups is 1. The molecule has 6 nitrogen and oxygen atoms in total. The van der Waals surface area contributed by atoms with Crippen molar-refractivity contribution >= 4 is 22.9 Å². The molecule has 1 aromatic carbocycles. The summed E-state index contributed by atoms with van der Waals surface area (Å²) in [4.78, 5) is 24.7. The number of benzene rings is 1. The third kappa shape index (κ3) is 3.85. The Morgan fingerprint density at radius 1 is 1.32 bits per heavy atom. The van der Waals surface area contributed by atoms with E-state index in [1.807, 2.05) is 49.2 Å². The maximum Gasteiger partial charge on any atom is 0.321 e. The van der Waals surface area contributed by atoms with Gasteiger partial charge in [-0.3, -0.25) is 15.0 Å². The summed E-state index contributed by atoms with van der Waals surface area (Å²) in [6, 6.07) is 9.42. The number of para-hydroxylation sites is 1. The summed E-state index contributed by atoms with van der Waals surface area (Å²) in [6.45, 7) is 2.55. The van der Waals surface area contributed by atoms with Gasteiger partial charge in [0, 0.05) is 25.4 Å². The molecule has 0 saturated heterocycles. The Bertz CT molecular complexity index is 632. The van der Waals surface area contributed by atoms with Crippen LogP contribution in [0.2, 0.25) is 0 Å². The normalized spacial score (nSPS) is 12.4. The fourth-order valence-corrected chi connectivity index (χ4v) is 2.15. The number of furan rings is 1. The molecule has 118 valence electrons. The Labute approximate surface area is 129 Å². The van der Waals surface area contributed by atoms with E-state index in [1.54, 1.807) is 0 Å². The molecular formula is C16H21N3O3. The van der Waals surface area contributed by atoms with Crippen LogP contribution in [-0.2, 0) is 4.79 Å². The van der Waals surface area contributed by atoms with Gasteiger partial charge in [-0.15, -0.1) is 0 Å². The van der Waals surface area contributed by atoms with Crippen molar-refractivity contribution < 1.29 is 14.0 Å². The molecule has 2 rings (SSSR count). The fourth-order valence-electron chi connectivity index (χ4n) is 2.15. The van der Waals surface area contributed by atoms with Crippen LogP contribution in [0.5, 0.6) is 0 Å². The van der Waals surface area contributed by atoms with Gasteiger partial charge in [-0.25, -0.2) is 4.79 Å². The van der Waals surface area contributed by atoms with Crippen LogP contribution >= 0.6 is 0 Å². The van der Waals surface area contributed by atoms with Crippen molar-refractivity contribution in [1.82, 2.24) is 15.5 Å². The minimum atomic E-state index is -0.488. The molecule has 0 aliphatic rings. The minimum Gasteiger partial charge on any atom is -0.459 e. The van der Waals surface area contributed by atoms with Crippen LogP contribution in [0.1, 0.15) is 25.1 Å². The first-order chi connectivity index (χ1) is 10.5. The van der Waals surface area contributed by atoms with E-state index < -0.39 is 6.03 Å². The van der Waals surface area contributed by atoms with E-state index in [1.165, 1.54) is 7.05 Å². The standard InChI is InChI=1S/C16H21N3O3/c1-11(14-10-12-6-4-5-7-13(12)22-14)19(3)9-8-15(20)18-16(21)17-2/h4-7,10-11H,8-9H2,1-3H3,(H2,17,18,20,21)/t11-/m1/s1. The number of nitrogens with zero attached hydrogens (tertiary/aromatic N) is 1. The summed E-state index contributed by atoms with van der Waals surface area (Å²) >= 11 is 0. The summed E-state index contributed by atoms with van der Waals surface area (Å²) in [6.07, 6.45) is 0.245. The molecule has 2 N–H and O–H groups in total. The third-order valence-corrected chi connectivity index (χ3v) is 3.69. The highest BCUT2D eigenvalue weighted by molar-refractivity contribution is 5.94. The predicted molar refractivity (Wildman–Crippen MR) is 84.5 cm³/mol. The second-order valence-corrected chi connectivity index (χ2v) is 5.22. The molecule has 2 aromatic rings. The number of hydrogen-bond acceptors (Lipinski definition) is 4. The van der Waals surface area contributed by atoms with E-state index in [0.29, 0.717) is 6.54 Å². The lowest BCUT2D eigenvalue weighted by Crippen LogP contribution is -2.38. The fraction of sp³-hybridized carbons (Fsp3) is 0.375. The third-order valence-electron chi connectivity index (χ3n) is 3.69. The van der Waals surface area contributed by atoms with Crippen molar-refractivity contribution in [2.45, 2.75) is 19.4 Å². The van der Waals surface area contributed by atoms with E-state index in [-0.39, 0.29) is 18.4 Å². The Kier molecular flexibility index (Phi) is 5.16. The van der Waals surface area contributed by atoms with Gasteiger partial charge in [-0.05, 0) is 26.1 Å². The summed E-state index contributed by atoms with van der Waals surface area (Å²) in [5.74, 6) is 0.554. The maximum atomic E-state index is 11.6. The highest BCUT2D eigenvalue weighted by atomic mass is 16.3. The van der Waals surface area contributed by atoms with Gasteiger partial charge >= 0.3 is 6.03 Å². The van der Waals surface area contributed by atoms with Gasteiger partial charge in [0.1, 0.15) is 11.3 Å². The quantitative estimate of drug-likeness (QED) is 0.888. The van der Waals surface area contributed by atoms with Gasteiger partial charge in [0.15, 0.2) is 0 Å². The number of nitrogens with one attached hydrogen (secondary N) is 2. The monoisotopic (exact) mass is 303 g/mol. The molecule has 0 spiro atoms. The van der Waals surface area contributed by atoms with Crippen molar-refractivity contribution in [2.24, 2.45) is 0 Å². The zero-order valence-electron chi connectivity index (χ0n) is 13.1. The molecule has 0 unspecified atom stereocenters. The van der Waals surface area contributed by atoms with Crippen molar-refractivity contribution in [3.63, 3.8) is 0 Å². The number of amides is 3. The Morgan fingerprint density at radius 2 is 2.05 bits per heavy atom. The predicted octanol–water partition coefficient (Wildman–Crippen LogP) is 2.27. The Balaban J connectivity index is 1.92. The van der Waals surface area contributed by atoms with Crippen LogP contribution in [0.4, 0.5) is 4.79 Å². The highest BCUT2D eigenvalue weighted by Crippen LogP contribution is 2.26. The van der Waals surface area contributed by atoms with Crippen LogP contribution < -0.4 is 10.6 Å². The molecule has 22 heavy (non-hydrogen) atoms. The molecule has 0 aliphatic heterocycles. The van der Waals surface area contributed by atoms with E-state index in [9.17, 15) is 9.59 Å². The Hall–Kier alpha value is -2.34. The number of carbonyl (C=O) groups is 2. The number of urea groups is 1. The smallest absolute Gasteiger partial charge is 0.321 e. The second kappa shape index (κ2) is 7.09. The molecule has 0 aliphatic carbocycles. The average molecular weight is 303 g/mol. The lowest BCUT2D eigenvalue weighted by molar-refractivity contribution is -0.120. The number of rotatable bonds is 5. The zero-order chi connectivity index (χ0) is 16.1. The second-order valence-electron chi connectivity index (χ2n) is 5.22. The van der Waals surface area contributed by atoms with Crippen molar-refractivity contribution in [3.8, 4) is 0 Å². The molecule has 1 atom stereocenters. The molecule has 0 saturated carbocycles. The van der Waals surface area contributed by atoms with Crippen molar-refractivity contribution in [1.29, 1.82) is 0 Å². The van der Waals surface area contributed by atoms with E-state index in [4.69, 9.17) is 4.42 Å². The van der Waals surface area contributed by atoms with Crippen LogP contribution in [0.25, 0.3) is 11.0 Å². The van der Waals surface area contributed by atoms with Gasteiger partial charge in [0.25, 0.3) is 0 Å². The van der Waals surface area contributed by atoms with Crippen molar-refractivity contribution in [3.05, 3.63) is 36.1 Å². The number of carbonyl (C=O) groups excluding carboxylic acids is 2. The largest absolute Gasteiger partial charge is 0.459 e. The highest BCUT2D eigenvalue weighted by Gasteiger charge is 2.17. The van der Waals surface area contributed by atoms with Crippen LogP contribution in [-0.4, -0.2) is 37.5 Å². The zero-order valence-corrected chi connectivity index (χ0v) is 13.1. The topological polar surface area (TPSA) is 74.6 Å². The molecular weight excluding hydrogens is 282 g/mol. The van der Waals surface area contributed by atoms with E-state index in [0.717, 1.165) is 16.7 Å². The summed E-state index contributed by atoms with van der Waals surface area (Å²) in [5.41, 5.74) is 0.857. The Morgan fingerprint density at radius 3 is 2.73 bits per heavy atom. The first-order valence-electron chi connectivity index (χ1n) is 7.21. The van der Waals surface area contributed by atoms with Gasteiger partial charge in [-0.1, -0.05) is 18.2 Å². The first kappa shape index (κ1) is 16.0. The van der Waals surface area contributed by atoms with Crippen LogP contribution in [0.3, 0.4) is 0 Å². The maximum absolute atomic E-state index is 11.6. The molecule has 0 fully saturated rings. The molecule has 0 bridgehead atoms. The van der Waals surface area contributed by atoms with Gasteiger partial charge < -0.3 is 9.73 Å².